The van der Waals surface area contributed by atoms with Crippen LogP contribution in [0.4, 0.5) is 5.69 Å². The Balaban J connectivity index is 1.69. The topological polar surface area (TPSA) is 124 Å². The molecule has 0 bridgehead atoms. The zero-order valence-corrected chi connectivity index (χ0v) is 17.1. The third-order valence-corrected chi connectivity index (χ3v) is 4.82. The highest BCUT2D eigenvalue weighted by Gasteiger charge is 2.23. The van der Waals surface area contributed by atoms with E-state index in [0.717, 1.165) is 17.1 Å². The van der Waals surface area contributed by atoms with Gasteiger partial charge < -0.3 is 4.57 Å². The molecule has 0 aliphatic carbocycles. The minimum absolute atomic E-state index is 0.125. The van der Waals surface area contributed by atoms with Gasteiger partial charge in [0.15, 0.2) is 0 Å². The molecule has 0 aliphatic rings. The summed E-state index contributed by atoms with van der Waals surface area (Å²) in [6.07, 6.45) is 0. The van der Waals surface area contributed by atoms with Crippen LogP contribution in [-0.2, 0) is 11.3 Å². The van der Waals surface area contributed by atoms with Crippen molar-refractivity contribution >= 4 is 17.5 Å². The maximum Gasteiger partial charge on any atom is 0.312 e. The Labute approximate surface area is 172 Å². The number of carbonyl (C=O) groups excluding carboxylic acids is 2. The molecule has 0 fully saturated rings. The average Bonchev–Trinajstić information content (AvgIpc) is 3.15. The summed E-state index contributed by atoms with van der Waals surface area (Å²) in [5.74, 6) is -1.02. The summed E-state index contributed by atoms with van der Waals surface area (Å²) in [7, 11) is 0. The van der Waals surface area contributed by atoms with Gasteiger partial charge in [-0.15, -0.1) is 0 Å². The largest absolute Gasteiger partial charge is 0.318 e. The first-order valence-corrected chi connectivity index (χ1v) is 9.22. The molecule has 10 heteroatoms. The number of para-hydroxylation sites is 1. The van der Waals surface area contributed by atoms with Crippen LogP contribution in [0.1, 0.15) is 33.1 Å². The van der Waals surface area contributed by atoms with E-state index in [4.69, 9.17) is 0 Å². The number of aryl methyl sites for hydroxylation is 2. The first-order chi connectivity index (χ1) is 14.2. The maximum absolute atomic E-state index is 12.6. The smallest absolute Gasteiger partial charge is 0.312 e. The lowest BCUT2D eigenvalue weighted by Gasteiger charge is -2.10. The number of benzene rings is 1. The molecule has 156 valence electrons. The molecule has 10 nitrogen and oxygen atoms in total. The van der Waals surface area contributed by atoms with Crippen molar-refractivity contribution < 1.29 is 14.5 Å². The van der Waals surface area contributed by atoms with Crippen LogP contribution in [0.2, 0.25) is 0 Å². The van der Waals surface area contributed by atoms with Crippen LogP contribution in [-0.4, -0.2) is 31.1 Å². The monoisotopic (exact) mass is 410 g/mol. The van der Waals surface area contributed by atoms with E-state index in [2.05, 4.69) is 16.0 Å². The van der Waals surface area contributed by atoms with E-state index >= 15 is 0 Å². The Kier molecular flexibility index (Phi) is 5.67. The van der Waals surface area contributed by atoms with E-state index in [9.17, 15) is 19.7 Å². The standard InChI is InChI=1S/C20H22N6O4/c1-12-10-17(14(3)25(12)16-8-6-5-7-9-16)20(28)22-21-18(27)11-24-15(4)19(26(29)30)13(2)23-24/h5-10H,11H2,1-4H3,(H,21,27)(H,22,28). The Morgan fingerprint density at radius 3 is 2.33 bits per heavy atom. The number of aromatic nitrogens is 3. The maximum atomic E-state index is 12.6. The van der Waals surface area contributed by atoms with E-state index in [0.29, 0.717) is 5.56 Å². The second kappa shape index (κ2) is 8.19. The lowest BCUT2D eigenvalue weighted by Crippen LogP contribution is -2.43. The summed E-state index contributed by atoms with van der Waals surface area (Å²) in [6.45, 7) is 6.48. The fourth-order valence-corrected chi connectivity index (χ4v) is 3.44. The van der Waals surface area contributed by atoms with Crippen molar-refractivity contribution in [2.75, 3.05) is 0 Å². The first kappa shape index (κ1) is 20.8. The van der Waals surface area contributed by atoms with Gasteiger partial charge in [0.25, 0.3) is 11.8 Å². The summed E-state index contributed by atoms with van der Waals surface area (Å²) in [5.41, 5.74) is 8.07. The lowest BCUT2D eigenvalue weighted by atomic mass is 10.2. The number of carbonyl (C=O) groups is 2. The summed E-state index contributed by atoms with van der Waals surface area (Å²) < 4.78 is 3.18. The molecule has 0 saturated carbocycles. The van der Waals surface area contributed by atoms with E-state index < -0.39 is 16.7 Å². The first-order valence-electron chi connectivity index (χ1n) is 9.22. The zero-order chi connectivity index (χ0) is 22.0. The molecule has 1 aromatic carbocycles. The quantitative estimate of drug-likeness (QED) is 0.493. The number of amides is 2. The highest BCUT2D eigenvalue weighted by molar-refractivity contribution is 5.97. The van der Waals surface area contributed by atoms with Crippen molar-refractivity contribution in [1.82, 2.24) is 25.2 Å². The van der Waals surface area contributed by atoms with Gasteiger partial charge in [-0.25, -0.2) is 0 Å². The second-order valence-electron chi connectivity index (χ2n) is 6.89. The molecule has 3 rings (SSSR count). The molecule has 0 saturated heterocycles. The SMILES string of the molecule is Cc1nn(CC(=O)NNC(=O)c2cc(C)n(-c3ccccc3)c2C)c(C)c1[N+](=O)[O-]. The van der Waals surface area contributed by atoms with Gasteiger partial charge in [-0.05, 0) is 45.9 Å². The molecule has 3 aromatic rings. The molecule has 0 aliphatic heterocycles. The minimum Gasteiger partial charge on any atom is -0.318 e. The summed E-state index contributed by atoms with van der Waals surface area (Å²) >= 11 is 0. The summed E-state index contributed by atoms with van der Waals surface area (Å²) in [6, 6.07) is 11.4. The Morgan fingerprint density at radius 1 is 1.07 bits per heavy atom. The van der Waals surface area contributed by atoms with Gasteiger partial charge in [-0.2, -0.15) is 5.10 Å². The number of hydrogen-bond acceptors (Lipinski definition) is 5. The minimum atomic E-state index is -0.555. The molecule has 2 aromatic heterocycles. The van der Waals surface area contributed by atoms with Gasteiger partial charge in [-0.3, -0.25) is 35.2 Å². The molecular weight excluding hydrogens is 388 g/mol. The van der Waals surface area contributed by atoms with Crippen LogP contribution in [0, 0.1) is 37.8 Å². The van der Waals surface area contributed by atoms with Crippen molar-refractivity contribution in [3.8, 4) is 5.69 Å². The van der Waals surface area contributed by atoms with Crippen LogP contribution >= 0.6 is 0 Å². The molecule has 2 N–H and O–H groups in total. The number of nitrogens with zero attached hydrogens (tertiary/aromatic N) is 4. The summed E-state index contributed by atoms with van der Waals surface area (Å²) in [5, 5.41) is 15.1. The number of hydrazine groups is 1. The second-order valence-corrected chi connectivity index (χ2v) is 6.89. The van der Waals surface area contributed by atoms with E-state index in [1.165, 1.54) is 18.5 Å². The lowest BCUT2D eigenvalue weighted by molar-refractivity contribution is -0.386. The molecule has 2 amide bonds. The molecule has 30 heavy (non-hydrogen) atoms. The number of hydrogen-bond donors (Lipinski definition) is 2. The van der Waals surface area contributed by atoms with E-state index in [1.807, 2.05) is 48.7 Å². The van der Waals surface area contributed by atoms with Gasteiger partial charge in [0.2, 0.25) is 0 Å². The highest BCUT2D eigenvalue weighted by atomic mass is 16.6. The van der Waals surface area contributed by atoms with Gasteiger partial charge in [0.05, 0.1) is 10.5 Å². The number of nitro groups is 1. The predicted octanol–water partition coefficient (Wildman–Crippen LogP) is 2.28. The van der Waals surface area contributed by atoms with Crippen molar-refractivity contribution in [2.45, 2.75) is 34.2 Å². The predicted molar refractivity (Wildman–Crippen MR) is 109 cm³/mol. The van der Waals surface area contributed by atoms with Gasteiger partial charge >= 0.3 is 5.69 Å². The van der Waals surface area contributed by atoms with Gasteiger partial charge in [0, 0.05) is 17.1 Å². The van der Waals surface area contributed by atoms with E-state index in [-0.39, 0.29) is 23.6 Å². The van der Waals surface area contributed by atoms with Crippen molar-refractivity contribution in [3.05, 3.63) is 74.9 Å². The van der Waals surface area contributed by atoms with Crippen molar-refractivity contribution in [1.29, 1.82) is 0 Å². The molecule has 0 spiro atoms. The van der Waals surface area contributed by atoms with Crippen LogP contribution in [0.25, 0.3) is 5.69 Å². The molecule has 0 radical (unpaired) electrons. The Morgan fingerprint density at radius 2 is 1.73 bits per heavy atom. The van der Waals surface area contributed by atoms with Gasteiger partial charge in [0.1, 0.15) is 17.9 Å². The van der Waals surface area contributed by atoms with Crippen LogP contribution in [0.5, 0.6) is 0 Å². The van der Waals surface area contributed by atoms with Crippen LogP contribution in [0.15, 0.2) is 36.4 Å². The Hall–Kier alpha value is -3.95. The third kappa shape index (κ3) is 3.93. The average molecular weight is 410 g/mol. The van der Waals surface area contributed by atoms with Crippen molar-refractivity contribution in [2.24, 2.45) is 0 Å². The number of nitrogens with one attached hydrogen (secondary N) is 2. The highest BCUT2D eigenvalue weighted by Crippen LogP contribution is 2.22. The van der Waals surface area contributed by atoms with Crippen molar-refractivity contribution in [3.63, 3.8) is 0 Å². The summed E-state index contributed by atoms with van der Waals surface area (Å²) in [4.78, 5) is 35.3. The fraction of sp³-hybridized carbons (Fsp3) is 0.250. The normalized spacial score (nSPS) is 10.7. The molecule has 0 unspecified atom stereocenters. The fourth-order valence-electron chi connectivity index (χ4n) is 3.44. The molecule has 0 atom stereocenters. The number of rotatable bonds is 5. The Bertz CT molecular complexity index is 1130. The van der Waals surface area contributed by atoms with Crippen LogP contribution < -0.4 is 10.9 Å². The van der Waals surface area contributed by atoms with E-state index in [1.54, 1.807) is 6.07 Å². The van der Waals surface area contributed by atoms with Gasteiger partial charge in [-0.1, -0.05) is 18.2 Å². The molecule has 2 heterocycles. The third-order valence-electron chi connectivity index (χ3n) is 4.82. The van der Waals surface area contributed by atoms with Crippen LogP contribution in [0.3, 0.4) is 0 Å². The zero-order valence-electron chi connectivity index (χ0n) is 17.1. The molecular formula is C20H22N6O4.